The van der Waals surface area contributed by atoms with Crippen LogP contribution in [0, 0.1) is 27.8 Å². The lowest BCUT2D eigenvalue weighted by Crippen LogP contribution is -2.14. The average molecular weight is 931 g/mol. The number of halogens is 4. The van der Waals surface area contributed by atoms with Crippen molar-refractivity contribution in [3.8, 4) is 24.2 Å². The minimum absolute atomic E-state index is 0.397. The molecule has 0 aromatic heterocycles. The molecule has 0 spiro atoms. The molecule has 0 aliphatic heterocycles. The van der Waals surface area contributed by atoms with Gasteiger partial charge in [-0.3, -0.25) is 9.59 Å². The first kappa shape index (κ1) is 38.4. The van der Waals surface area contributed by atoms with Crippen LogP contribution in [0.2, 0.25) is 0 Å². The summed E-state index contributed by atoms with van der Waals surface area (Å²) in [5.74, 6) is 7.79. The first-order valence-electron chi connectivity index (χ1n) is 14.4. The van der Waals surface area contributed by atoms with Crippen molar-refractivity contribution >= 4 is 81.9 Å². The highest BCUT2D eigenvalue weighted by Crippen LogP contribution is 2.15. The number of carbonyl (C=O) groups is 2. The lowest BCUT2D eigenvalue weighted by atomic mass is 10.0. The predicted molar refractivity (Wildman–Crippen MR) is 217 cm³/mol. The van der Waals surface area contributed by atoms with E-state index >= 15 is 0 Å². The molecule has 0 aliphatic rings. The van der Waals surface area contributed by atoms with Crippen molar-refractivity contribution in [3.05, 3.63) is 209 Å². The quantitative estimate of drug-likeness (QED) is 0.0767. The second-order valence-electron chi connectivity index (χ2n) is 9.61. The molecule has 0 heterocycles. The molecule has 2 nitrogen and oxygen atoms in total. The summed E-state index contributed by atoms with van der Waals surface area (Å²) in [7, 11) is 0. The zero-order valence-electron chi connectivity index (χ0n) is 25.5. The minimum atomic E-state index is -0.488. The van der Waals surface area contributed by atoms with E-state index in [0.29, 0.717) is 11.1 Å². The van der Waals surface area contributed by atoms with Gasteiger partial charge in [0, 0.05) is 44.8 Å². The maximum absolute atomic E-state index is 11.9. The number of ketones is 2. The van der Waals surface area contributed by atoms with E-state index in [4.69, 9.17) is 6.42 Å². The number of benzene rings is 6. The molecule has 0 N–H and O–H groups in total. The van der Waals surface area contributed by atoms with Gasteiger partial charge in [0.05, 0.1) is 0 Å². The minimum Gasteiger partial charge on any atom is -0.285 e. The molecule has 6 rings (SSSR count). The summed E-state index contributed by atoms with van der Waals surface area (Å²) < 4.78 is 4.24. The SMILES string of the molecule is Brc1cccc(C#Cc2ccccc2)c1.Brc1cccc(I)c1.C#Cc1ccccc1.O=C(C(=O)c1cccc(Br)c1)c1ccccc1. The summed E-state index contributed by atoms with van der Waals surface area (Å²) in [5.41, 5.74) is 3.81. The standard InChI is InChI=1S/C14H9BrO2.C14H9Br.C8H6.C6H4BrI/c15-12-8-4-7-11(9-12)14(17)13(16)10-5-2-1-3-6-10;15-14-8-4-7-13(11-14)10-9-12-5-2-1-3-6-12;1-2-8-6-4-3-5-7-8;7-5-2-1-3-6(8)4-5/h1-9H;1-8,11H;1,3-7H;1-4H. The number of carbonyl (C=O) groups excluding carboxylic acids is 2. The summed E-state index contributed by atoms with van der Waals surface area (Å²) in [6.07, 6.45) is 5.10. The van der Waals surface area contributed by atoms with Crippen LogP contribution in [-0.2, 0) is 0 Å². The Kier molecular flexibility index (Phi) is 17.4. The maximum Gasteiger partial charge on any atom is 0.233 e. The van der Waals surface area contributed by atoms with Crippen molar-refractivity contribution in [2.75, 3.05) is 0 Å². The largest absolute Gasteiger partial charge is 0.285 e. The molecule has 0 saturated carbocycles. The Morgan fingerprint density at radius 1 is 0.458 bits per heavy atom. The summed E-state index contributed by atoms with van der Waals surface area (Å²) in [6, 6.07) is 51.1. The molecule has 0 aliphatic carbocycles. The molecule has 48 heavy (non-hydrogen) atoms. The van der Waals surface area contributed by atoms with E-state index in [1.54, 1.807) is 48.5 Å². The number of rotatable bonds is 3. The molecule has 0 bridgehead atoms. The van der Waals surface area contributed by atoms with Gasteiger partial charge in [-0.2, -0.15) is 0 Å². The Hall–Kier alpha value is -4.05. The van der Waals surface area contributed by atoms with Gasteiger partial charge < -0.3 is 0 Å². The number of Topliss-reactive ketones (excluding diaryl/α,β-unsaturated/α-hetero) is 2. The van der Waals surface area contributed by atoms with E-state index in [0.717, 1.165) is 30.1 Å². The van der Waals surface area contributed by atoms with Gasteiger partial charge in [0.25, 0.3) is 0 Å². The Bertz CT molecular complexity index is 1990. The molecule has 0 radical (unpaired) electrons. The molecular formula is C42H28Br3IO2. The van der Waals surface area contributed by atoms with Gasteiger partial charge in [-0.1, -0.05) is 157 Å². The van der Waals surface area contributed by atoms with Gasteiger partial charge in [-0.15, -0.1) is 6.42 Å². The zero-order valence-corrected chi connectivity index (χ0v) is 32.4. The third kappa shape index (κ3) is 14.8. The summed E-state index contributed by atoms with van der Waals surface area (Å²) in [4.78, 5) is 23.8. The number of hydrogen-bond acceptors (Lipinski definition) is 2. The Morgan fingerprint density at radius 3 is 1.35 bits per heavy atom. The summed E-state index contributed by atoms with van der Waals surface area (Å²) >= 11 is 12.3. The number of terminal acetylenes is 1. The third-order valence-electron chi connectivity index (χ3n) is 6.01. The smallest absolute Gasteiger partial charge is 0.233 e. The zero-order chi connectivity index (χ0) is 34.6. The van der Waals surface area contributed by atoms with Crippen LogP contribution in [0.3, 0.4) is 0 Å². The van der Waals surface area contributed by atoms with Crippen LogP contribution in [0.15, 0.2) is 177 Å². The van der Waals surface area contributed by atoms with Crippen LogP contribution in [-0.4, -0.2) is 11.6 Å². The van der Waals surface area contributed by atoms with Crippen molar-refractivity contribution in [3.63, 3.8) is 0 Å². The first-order chi connectivity index (χ1) is 23.2. The molecule has 0 saturated heterocycles. The van der Waals surface area contributed by atoms with Gasteiger partial charge in [0.2, 0.25) is 11.6 Å². The molecule has 6 aromatic rings. The monoisotopic (exact) mass is 928 g/mol. The normalized spacial score (nSPS) is 9.23. The number of hydrogen-bond donors (Lipinski definition) is 0. The molecular weight excluding hydrogens is 903 g/mol. The highest BCUT2D eigenvalue weighted by molar-refractivity contribution is 14.1. The Morgan fingerprint density at radius 2 is 0.875 bits per heavy atom. The lowest BCUT2D eigenvalue weighted by molar-refractivity contribution is 0.0817. The highest BCUT2D eigenvalue weighted by atomic mass is 127. The van der Waals surface area contributed by atoms with Gasteiger partial charge in [0.1, 0.15) is 0 Å². The van der Waals surface area contributed by atoms with Gasteiger partial charge in [0.15, 0.2) is 0 Å². The van der Waals surface area contributed by atoms with Gasteiger partial charge in [-0.25, -0.2) is 0 Å². The second kappa shape index (κ2) is 21.8. The van der Waals surface area contributed by atoms with E-state index < -0.39 is 11.6 Å². The van der Waals surface area contributed by atoms with Crippen LogP contribution in [0.5, 0.6) is 0 Å². The van der Waals surface area contributed by atoms with Crippen LogP contribution in [0.1, 0.15) is 37.4 Å². The van der Waals surface area contributed by atoms with E-state index in [9.17, 15) is 9.59 Å². The molecule has 6 heteroatoms. The van der Waals surface area contributed by atoms with Crippen LogP contribution in [0.4, 0.5) is 0 Å². The van der Waals surface area contributed by atoms with Crippen molar-refractivity contribution < 1.29 is 9.59 Å². The predicted octanol–water partition coefficient (Wildman–Crippen LogP) is 12.1. The first-order valence-corrected chi connectivity index (χ1v) is 17.9. The van der Waals surface area contributed by atoms with Gasteiger partial charge >= 0.3 is 0 Å². The second-order valence-corrected chi connectivity index (χ2v) is 13.6. The lowest BCUT2D eigenvalue weighted by Gasteiger charge is -2.01. The average Bonchev–Trinajstić information content (AvgIpc) is 3.12. The fourth-order valence-electron chi connectivity index (χ4n) is 3.71. The molecule has 6 aromatic carbocycles. The Balaban J connectivity index is 0.000000183. The third-order valence-corrected chi connectivity index (χ3v) is 8.16. The van der Waals surface area contributed by atoms with Crippen LogP contribution < -0.4 is 0 Å². The Labute approximate surface area is 321 Å². The topological polar surface area (TPSA) is 34.1 Å². The fourth-order valence-corrected chi connectivity index (χ4v) is 5.88. The molecule has 0 atom stereocenters. The van der Waals surface area contributed by atoms with Crippen molar-refractivity contribution in [2.24, 2.45) is 0 Å². The van der Waals surface area contributed by atoms with Gasteiger partial charge in [-0.05, 0) is 95.4 Å². The molecule has 0 fully saturated rings. The van der Waals surface area contributed by atoms with Crippen LogP contribution >= 0.6 is 70.4 Å². The molecule has 0 unspecified atom stereocenters. The van der Waals surface area contributed by atoms with Crippen molar-refractivity contribution in [1.82, 2.24) is 0 Å². The van der Waals surface area contributed by atoms with Crippen molar-refractivity contribution in [1.29, 1.82) is 0 Å². The van der Waals surface area contributed by atoms with E-state index in [1.165, 1.54) is 3.57 Å². The maximum atomic E-state index is 11.9. The molecule has 0 amide bonds. The van der Waals surface area contributed by atoms with E-state index in [-0.39, 0.29) is 0 Å². The highest BCUT2D eigenvalue weighted by Gasteiger charge is 2.17. The summed E-state index contributed by atoms with van der Waals surface area (Å²) in [6.45, 7) is 0. The van der Waals surface area contributed by atoms with Crippen molar-refractivity contribution in [2.45, 2.75) is 0 Å². The van der Waals surface area contributed by atoms with Crippen LogP contribution in [0.25, 0.3) is 0 Å². The van der Waals surface area contributed by atoms with E-state index in [2.05, 4.69) is 100 Å². The summed E-state index contributed by atoms with van der Waals surface area (Å²) in [5, 5.41) is 0. The fraction of sp³-hybridized carbons (Fsp3) is 0. The van der Waals surface area contributed by atoms with E-state index in [1.807, 2.05) is 103 Å². The molecule has 236 valence electrons.